The lowest BCUT2D eigenvalue weighted by molar-refractivity contribution is -0.140. The van der Waals surface area contributed by atoms with Gasteiger partial charge in [-0.25, -0.2) is 9.48 Å². The summed E-state index contributed by atoms with van der Waals surface area (Å²) in [5, 5.41) is 20.1. The van der Waals surface area contributed by atoms with Gasteiger partial charge in [-0.15, -0.1) is 0 Å². The van der Waals surface area contributed by atoms with Crippen molar-refractivity contribution in [2.24, 2.45) is 0 Å². The molecule has 0 spiro atoms. The number of aliphatic carboxylic acids is 1. The van der Waals surface area contributed by atoms with Gasteiger partial charge < -0.3 is 10.4 Å². The van der Waals surface area contributed by atoms with Crippen molar-refractivity contribution < 1.29 is 14.7 Å². The number of anilines is 1. The maximum absolute atomic E-state index is 12.5. The number of nitrogens with one attached hydrogen (secondary N) is 1. The van der Waals surface area contributed by atoms with Crippen molar-refractivity contribution in [3.05, 3.63) is 62.9 Å². The molecule has 140 valence electrons. The number of hydrogen-bond donors (Lipinski definition) is 2. The highest BCUT2D eigenvalue weighted by Crippen LogP contribution is 2.22. The van der Waals surface area contributed by atoms with Gasteiger partial charge in [-0.2, -0.15) is 10.2 Å². The van der Waals surface area contributed by atoms with E-state index in [4.69, 9.17) is 5.11 Å². The Morgan fingerprint density at radius 2 is 1.93 bits per heavy atom. The Bertz CT molecular complexity index is 981. The number of rotatable bonds is 6. The molecule has 27 heavy (non-hydrogen) atoms. The molecule has 0 aliphatic heterocycles. The Morgan fingerprint density at radius 1 is 1.22 bits per heavy atom. The van der Waals surface area contributed by atoms with Crippen LogP contribution in [0.5, 0.6) is 0 Å². The van der Waals surface area contributed by atoms with Crippen molar-refractivity contribution in [3.8, 4) is 0 Å². The van der Waals surface area contributed by atoms with E-state index >= 15 is 0 Å². The van der Waals surface area contributed by atoms with Crippen LogP contribution in [0.15, 0.2) is 51.7 Å². The van der Waals surface area contributed by atoms with E-state index in [9.17, 15) is 9.59 Å². The molecule has 0 saturated heterocycles. The Labute approximate surface area is 171 Å². The van der Waals surface area contributed by atoms with Gasteiger partial charge in [-0.3, -0.25) is 9.48 Å². The number of hydrogen-bond acceptors (Lipinski definition) is 4. The highest BCUT2D eigenvalue weighted by atomic mass is 79.9. The summed E-state index contributed by atoms with van der Waals surface area (Å²) >= 11 is 6.78. The van der Waals surface area contributed by atoms with Crippen LogP contribution in [0.25, 0.3) is 0 Å². The molecule has 2 heterocycles. The van der Waals surface area contributed by atoms with E-state index in [-0.39, 0.29) is 5.69 Å². The number of carboxylic acids is 1. The third kappa shape index (κ3) is 4.45. The smallest absolute Gasteiger partial charge is 0.328 e. The third-order valence-electron chi connectivity index (χ3n) is 3.83. The summed E-state index contributed by atoms with van der Waals surface area (Å²) in [4.78, 5) is 23.7. The second-order valence-electron chi connectivity index (χ2n) is 5.78. The van der Waals surface area contributed by atoms with E-state index in [1.807, 2.05) is 24.3 Å². The van der Waals surface area contributed by atoms with E-state index in [0.717, 1.165) is 14.7 Å². The van der Waals surface area contributed by atoms with Crippen LogP contribution >= 0.6 is 31.9 Å². The third-order valence-corrected chi connectivity index (χ3v) is 4.94. The fourth-order valence-corrected chi connectivity index (χ4v) is 3.10. The molecule has 1 unspecified atom stereocenters. The molecule has 3 aromatic rings. The monoisotopic (exact) mass is 495 g/mol. The summed E-state index contributed by atoms with van der Waals surface area (Å²) in [6, 6.07) is 8.34. The standard InChI is InChI=1S/C17H15Br2N5O3/c1-10(17(26)27)24-14(6-7-20-24)16(25)21-15-13(19)9-23(22-15)8-11-2-4-12(18)5-3-11/h2-7,9-10H,8H2,1H3,(H,26,27)(H,21,22,25). The minimum Gasteiger partial charge on any atom is -0.480 e. The lowest BCUT2D eigenvalue weighted by Crippen LogP contribution is -2.24. The van der Waals surface area contributed by atoms with Gasteiger partial charge >= 0.3 is 5.97 Å². The summed E-state index contributed by atoms with van der Waals surface area (Å²) in [7, 11) is 0. The molecule has 1 atom stereocenters. The zero-order chi connectivity index (χ0) is 19.6. The lowest BCUT2D eigenvalue weighted by Gasteiger charge is -2.11. The van der Waals surface area contributed by atoms with Crippen molar-refractivity contribution in [3.63, 3.8) is 0 Å². The van der Waals surface area contributed by atoms with Gasteiger partial charge in [0.15, 0.2) is 5.82 Å². The molecule has 0 aliphatic carbocycles. The van der Waals surface area contributed by atoms with Crippen LogP contribution in [0, 0.1) is 0 Å². The molecule has 0 saturated carbocycles. The number of carboxylic acid groups (broad SMARTS) is 1. The molecule has 10 heteroatoms. The number of carbonyl (C=O) groups excluding carboxylic acids is 1. The summed E-state index contributed by atoms with van der Waals surface area (Å²) in [6.45, 7) is 1.99. The van der Waals surface area contributed by atoms with Gasteiger partial charge in [0.1, 0.15) is 11.7 Å². The minimum absolute atomic E-state index is 0.138. The van der Waals surface area contributed by atoms with E-state index in [2.05, 4.69) is 47.4 Å². The van der Waals surface area contributed by atoms with Crippen molar-refractivity contribution in [2.75, 3.05) is 5.32 Å². The van der Waals surface area contributed by atoms with Crippen LogP contribution in [-0.2, 0) is 11.3 Å². The fraction of sp³-hybridized carbons (Fsp3) is 0.176. The highest BCUT2D eigenvalue weighted by molar-refractivity contribution is 9.10. The molecule has 0 aliphatic rings. The van der Waals surface area contributed by atoms with E-state index < -0.39 is 17.9 Å². The molecule has 3 rings (SSSR count). The van der Waals surface area contributed by atoms with Crippen molar-refractivity contribution in [2.45, 2.75) is 19.5 Å². The minimum atomic E-state index is -1.08. The molecule has 0 radical (unpaired) electrons. The average Bonchev–Trinajstić information content (AvgIpc) is 3.23. The number of benzene rings is 1. The van der Waals surface area contributed by atoms with E-state index in [1.165, 1.54) is 19.2 Å². The zero-order valence-electron chi connectivity index (χ0n) is 14.1. The summed E-state index contributed by atoms with van der Waals surface area (Å²) in [5.74, 6) is -1.23. The van der Waals surface area contributed by atoms with Crippen LogP contribution < -0.4 is 5.32 Å². The first-order valence-electron chi connectivity index (χ1n) is 7.90. The Balaban J connectivity index is 1.76. The van der Waals surface area contributed by atoms with Gasteiger partial charge in [0.2, 0.25) is 0 Å². The number of amides is 1. The first-order valence-corrected chi connectivity index (χ1v) is 9.49. The molecule has 1 aromatic carbocycles. The van der Waals surface area contributed by atoms with Gasteiger partial charge in [0.25, 0.3) is 5.91 Å². The zero-order valence-corrected chi connectivity index (χ0v) is 17.3. The SMILES string of the molecule is CC(C(=O)O)n1nccc1C(=O)Nc1nn(Cc2ccc(Br)cc2)cc1Br. The largest absolute Gasteiger partial charge is 0.480 e. The molecule has 2 N–H and O–H groups in total. The molecular formula is C17H15Br2N5O3. The van der Waals surface area contributed by atoms with Crippen LogP contribution in [0.2, 0.25) is 0 Å². The summed E-state index contributed by atoms with van der Waals surface area (Å²) in [5.41, 5.74) is 1.19. The van der Waals surface area contributed by atoms with Crippen LogP contribution in [0.3, 0.4) is 0 Å². The van der Waals surface area contributed by atoms with Crippen LogP contribution in [0.4, 0.5) is 5.82 Å². The quantitative estimate of drug-likeness (QED) is 0.543. The second-order valence-corrected chi connectivity index (χ2v) is 7.55. The lowest BCUT2D eigenvalue weighted by atomic mass is 10.2. The summed E-state index contributed by atoms with van der Waals surface area (Å²) < 4.78 is 4.46. The van der Waals surface area contributed by atoms with Gasteiger partial charge in [0.05, 0.1) is 11.0 Å². The van der Waals surface area contributed by atoms with Gasteiger partial charge in [-0.1, -0.05) is 28.1 Å². The number of nitrogens with zero attached hydrogens (tertiary/aromatic N) is 4. The highest BCUT2D eigenvalue weighted by Gasteiger charge is 2.22. The average molecular weight is 497 g/mol. The summed E-state index contributed by atoms with van der Waals surface area (Å²) in [6.07, 6.45) is 3.14. The predicted octanol–water partition coefficient (Wildman–Crippen LogP) is 3.55. The first-order chi connectivity index (χ1) is 12.8. The van der Waals surface area contributed by atoms with Crippen LogP contribution in [0.1, 0.15) is 29.0 Å². The second kappa shape index (κ2) is 8.05. The maximum Gasteiger partial charge on any atom is 0.328 e. The van der Waals surface area contributed by atoms with Crippen molar-refractivity contribution in [1.82, 2.24) is 19.6 Å². The van der Waals surface area contributed by atoms with Crippen molar-refractivity contribution >= 4 is 49.6 Å². The Kier molecular flexibility index (Phi) is 5.76. The van der Waals surface area contributed by atoms with Crippen molar-refractivity contribution in [1.29, 1.82) is 0 Å². The molecule has 2 aromatic heterocycles. The number of aromatic nitrogens is 4. The Hall–Kier alpha value is -2.46. The number of carbonyl (C=O) groups is 2. The molecule has 8 nitrogen and oxygen atoms in total. The fourth-order valence-electron chi connectivity index (χ4n) is 2.42. The topological polar surface area (TPSA) is 102 Å². The Morgan fingerprint density at radius 3 is 2.59 bits per heavy atom. The van der Waals surface area contributed by atoms with Gasteiger partial charge in [0, 0.05) is 16.9 Å². The number of halogens is 2. The molecular weight excluding hydrogens is 482 g/mol. The van der Waals surface area contributed by atoms with Gasteiger partial charge in [-0.05, 0) is 46.6 Å². The maximum atomic E-state index is 12.5. The normalized spacial score (nSPS) is 12.0. The molecule has 1 amide bonds. The van der Waals surface area contributed by atoms with Crippen LogP contribution in [-0.4, -0.2) is 36.5 Å². The first kappa shape index (κ1) is 19.3. The molecule has 0 fully saturated rings. The predicted molar refractivity (Wildman–Crippen MR) is 106 cm³/mol. The van der Waals surface area contributed by atoms with E-state index in [1.54, 1.807) is 10.9 Å². The molecule has 0 bridgehead atoms. The van der Waals surface area contributed by atoms with E-state index in [0.29, 0.717) is 16.8 Å².